The Morgan fingerprint density at radius 1 is 0.978 bits per heavy atom. The predicted octanol–water partition coefficient (Wildman–Crippen LogP) is 5.01. The molecule has 0 saturated heterocycles. The summed E-state index contributed by atoms with van der Waals surface area (Å²) in [7, 11) is 4.20. The zero-order valence-electron chi connectivity index (χ0n) is 26.2. The van der Waals surface area contributed by atoms with Gasteiger partial charge < -0.3 is 10.1 Å². The molecule has 2 aromatic heterocycles. The number of benzene rings is 3. The number of nitrogens with one attached hydrogen (secondary N) is 2. The van der Waals surface area contributed by atoms with Crippen LogP contribution >= 0.6 is 0 Å². The Hall–Kier alpha value is -5.48. The van der Waals surface area contributed by atoms with Crippen molar-refractivity contribution in [2.45, 2.75) is 33.5 Å². The van der Waals surface area contributed by atoms with Crippen molar-refractivity contribution in [3.8, 4) is 5.82 Å². The molecule has 0 fully saturated rings. The smallest absolute Gasteiger partial charge is 0.337 e. The summed E-state index contributed by atoms with van der Waals surface area (Å²) in [6.07, 6.45) is 6.25. The number of amidine groups is 1. The molecule has 2 aliphatic heterocycles. The van der Waals surface area contributed by atoms with E-state index in [1.54, 1.807) is 0 Å². The van der Waals surface area contributed by atoms with E-state index in [-0.39, 0.29) is 5.91 Å². The molecular formula is C36H35BN8O+. The lowest BCUT2D eigenvalue weighted by molar-refractivity contribution is -0.663. The first kappa shape index (κ1) is 29.2. The van der Waals surface area contributed by atoms with E-state index in [9.17, 15) is 4.79 Å². The first-order chi connectivity index (χ1) is 22.4. The Kier molecular flexibility index (Phi) is 7.94. The van der Waals surface area contributed by atoms with Crippen LogP contribution in [-0.4, -0.2) is 50.8 Å². The minimum Gasteiger partial charge on any atom is -0.337 e. The Bertz CT molecular complexity index is 1990. The average molecular weight is 607 g/mol. The molecule has 9 nitrogen and oxygen atoms in total. The van der Waals surface area contributed by atoms with Crippen LogP contribution in [-0.2, 0) is 24.4 Å². The second-order valence-corrected chi connectivity index (χ2v) is 11.7. The van der Waals surface area contributed by atoms with Gasteiger partial charge in [-0.2, -0.15) is 0 Å². The van der Waals surface area contributed by atoms with E-state index < -0.39 is 0 Å². The number of H-pyrrole nitrogens is 1. The molecule has 1 amide bonds. The molecule has 0 bridgehead atoms. The van der Waals surface area contributed by atoms with Crippen molar-refractivity contribution in [3.05, 3.63) is 149 Å². The number of aromatic nitrogens is 4. The lowest BCUT2D eigenvalue weighted by atomic mass is 9.91. The fourth-order valence-corrected chi connectivity index (χ4v) is 6.02. The molecular weight excluding hydrogens is 571 g/mol. The molecule has 2 N–H and O–H groups in total. The number of hydrogen-bond acceptors (Lipinski definition) is 4. The number of anilines is 1. The van der Waals surface area contributed by atoms with Crippen LogP contribution in [0.5, 0.6) is 0 Å². The van der Waals surface area contributed by atoms with Crippen molar-refractivity contribution in [1.29, 1.82) is 0 Å². The molecule has 10 heteroatoms. The summed E-state index contributed by atoms with van der Waals surface area (Å²) in [5.41, 5.74) is 9.60. The van der Waals surface area contributed by atoms with E-state index in [0.29, 0.717) is 13.1 Å². The highest BCUT2D eigenvalue weighted by molar-refractivity contribution is 6.41. The molecule has 7 rings (SSSR count). The molecule has 3 aromatic carbocycles. The second kappa shape index (κ2) is 12.5. The van der Waals surface area contributed by atoms with E-state index >= 15 is 0 Å². The van der Waals surface area contributed by atoms with Crippen molar-refractivity contribution >= 4 is 30.6 Å². The summed E-state index contributed by atoms with van der Waals surface area (Å²) in [5, 5.41) is 10.7. The normalized spacial score (nSPS) is 14.5. The summed E-state index contributed by atoms with van der Waals surface area (Å²) in [6.45, 7) is 5.77. The van der Waals surface area contributed by atoms with Gasteiger partial charge in [-0.15, -0.1) is 9.90 Å². The Morgan fingerprint density at radius 3 is 2.54 bits per heavy atom. The summed E-state index contributed by atoms with van der Waals surface area (Å²) >= 11 is 0. The van der Waals surface area contributed by atoms with Gasteiger partial charge in [-0.3, -0.25) is 19.2 Å². The van der Waals surface area contributed by atoms with Gasteiger partial charge in [0.1, 0.15) is 12.0 Å². The number of aliphatic imine (C=N–C) groups is 1. The SMILES string of the molecule is CC(=O)Nc1ccc(C2=C3C=CC(=NCc4ccccc4C)N3[B]n3c2ccc3-[n+]2cc(CN(C)Cc3ccccc3)n[nH]2)cc1. The highest BCUT2D eigenvalue weighted by Gasteiger charge is 2.36. The number of hydrogen-bond donors (Lipinski definition) is 2. The van der Waals surface area contributed by atoms with Crippen LogP contribution in [0.15, 0.2) is 120 Å². The third-order valence-electron chi connectivity index (χ3n) is 8.26. The lowest BCUT2D eigenvalue weighted by Gasteiger charge is -2.28. The highest BCUT2D eigenvalue weighted by atomic mass is 16.1. The maximum atomic E-state index is 11.6. The summed E-state index contributed by atoms with van der Waals surface area (Å²) in [4.78, 5) is 21.1. The monoisotopic (exact) mass is 606 g/mol. The van der Waals surface area contributed by atoms with Crippen molar-refractivity contribution in [2.24, 2.45) is 4.99 Å². The van der Waals surface area contributed by atoms with Crippen molar-refractivity contribution in [2.75, 3.05) is 12.4 Å². The van der Waals surface area contributed by atoms with Gasteiger partial charge in [0, 0.05) is 36.5 Å². The number of rotatable bonds is 9. The fourth-order valence-electron chi connectivity index (χ4n) is 6.02. The minimum atomic E-state index is -0.0952. The van der Waals surface area contributed by atoms with Crippen molar-refractivity contribution in [1.82, 2.24) is 24.5 Å². The van der Waals surface area contributed by atoms with E-state index in [1.807, 2.05) is 22.9 Å². The lowest BCUT2D eigenvalue weighted by Crippen LogP contribution is -2.43. The molecule has 5 aromatic rings. The maximum Gasteiger partial charge on any atom is 0.503 e. The molecule has 0 unspecified atom stereocenters. The van der Waals surface area contributed by atoms with Crippen LogP contribution < -0.4 is 10.00 Å². The number of fused-ring (bicyclic) bond motifs is 2. The number of carbonyl (C=O) groups excluding carboxylic acids is 1. The van der Waals surface area contributed by atoms with Crippen molar-refractivity contribution < 1.29 is 9.48 Å². The Balaban J connectivity index is 1.22. The van der Waals surface area contributed by atoms with Gasteiger partial charge in [0.25, 0.3) is 0 Å². The third kappa shape index (κ3) is 5.94. The van der Waals surface area contributed by atoms with Crippen LogP contribution in [0.1, 0.15) is 40.6 Å². The van der Waals surface area contributed by atoms with Gasteiger partial charge in [0.2, 0.25) is 11.7 Å². The molecule has 46 heavy (non-hydrogen) atoms. The minimum absolute atomic E-state index is 0.0952. The van der Waals surface area contributed by atoms with Gasteiger partial charge in [0.05, 0.1) is 18.8 Å². The van der Waals surface area contributed by atoms with Crippen molar-refractivity contribution in [3.63, 3.8) is 0 Å². The zero-order valence-corrected chi connectivity index (χ0v) is 26.2. The van der Waals surface area contributed by atoms with Crippen LogP contribution in [0, 0.1) is 6.92 Å². The fraction of sp³-hybridized carbons (Fsp3) is 0.167. The molecule has 227 valence electrons. The molecule has 0 spiro atoms. The quantitative estimate of drug-likeness (QED) is 0.183. The van der Waals surface area contributed by atoms with E-state index in [0.717, 1.165) is 52.1 Å². The summed E-state index contributed by atoms with van der Waals surface area (Å²) in [6, 6.07) is 31.0. The summed E-state index contributed by atoms with van der Waals surface area (Å²) in [5.74, 6) is 1.70. The average Bonchev–Trinajstić information content (AvgIpc) is 3.79. The molecule has 0 atom stereocenters. The maximum absolute atomic E-state index is 11.6. The van der Waals surface area contributed by atoms with Crippen LogP contribution in [0.2, 0.25) is 0 Å². The number of amides is 1. The summed E-state index contributed by atoms with van der Waals surface area (Å²) < 4.78 is 4.13. The van der Waals surface area contributed by atoms with Gasteiger partial charge in [-0.25, -0.2) is 0 Å². The third-order valence-corrected chi connectivity index (χ3v) is 8.26. The molecule has 2 aliphatic rings. The standard InChI is InChI=1S/C36H34BN8O/c1-25-9-7-8-12-29(25)21-38-34-19-17-32-36(28-13-15-30(16-14-28)39-26(2)46)33-18-20-35(45(33)37-44(32)34)43-24-31(40-41-43)23-42(3)22-27-10-5-4-6-11-27/h4-20,24H,21-23H2,1-3H3,(H,38,39,46)/p+1. The van der Waals surface area contributed by atoms with E-state index in [2.05, 4.69) is 142 Å². The van der Waals surface area contributed by atoms with E-state index in [4.69, 9.17) is 4.99 Å². The second-order valence-electron chi connectivity index (χ2n) is 11.7. The molecule has 1 radical (unpaired) electrons. The number of aromatic amines is 1. The highest BCUT2D eigenvalue weighted by Crippen LogP contribution is 2.37. The van der Waals surface area contributed by atoms with Crippen LogP contribution in [0.3, 0.4) is 0 Å². The Morgan fingerprint density at radius 2 is 1.76 bits per heavy atom. The largest absolute Gasteiger partial charge is 0.503 e. The number of aryl methyl sites for hydroxylation is 1. The zero-order chi connectivity index (χ0) is 31.6. The number of nitrogens with zero attached hydrogens (tertiary/aromatic N) is 6. The van der Waals surface area contributed by atoms with Crippen LogP contribution in [0.25, 0.3) is 11.4 Å². The molecule has 4 heterocycles. The van der Waals surface area contributed by atoms with E-state index in [1.165, 1.54) is 23.6 Å². The molecule has 0 saturated carbocycles. The van der Waals surface area contributed by atoms with Gasteiger partial charge in [-0.05, 0) is 71.7 Å². The van der Waals surface area contributed by atoms with Gasteiger partial charge in [-0.1, -0.05) is 66.7 Å². The number of carbonyl (C=O) groups is 1. The number of allylic oxidation sites excluding steroid dienone is 1. The topological polar surface area (TPSA) is 85.4 Å². The molecule has 0 aliphatic carbocycles. The Labute approximate surface area is 269 Å². The van der Waals surface area contributed by atoms with Gasteiger partial charge in [0.15, 0.2) is 5.69 Å². The first-order valence-corrected chi connectivity index (χ1v) is 15.4. The van der Waals surface area contributed by atoms with Crippen LogP contribution in [0.4, 0.5) is 5.69 Å². The first-order valence-electron chi connectivity index (χ1n) is 15.4. The van der Waals surface area contributed by atoms with Gasteiger partial charge >= 0.3 is 7.55 Å². The predicted molar refractivity (Wildman–Crippen MR) is 181 cm³/mol.